The summed E-state index contributed by atoms with van der Waals surface area (Å²) in [5, 5.41) is 8.10. The zero-order valence-electron chi connectivity index (χ0n) is 6.86. The Hall–Kier alpha value is -1.36. The molecular formula is C7H12O5. The zero-order chi connectivity index (χ0) is 9.82. The first kappa shape index (κ1) is 13.2. The summed E-state index contributed by atoms with van der Waals surface area (Å²) in [5.74, 6) is -0.501. The van der Waals surface area contributed by atoms with E-state index in [1.807, 2.05) is 0 Å². The van der Waals surface area contributed by atoms with Crippen LogP contribution >= 0.6 is 0 Å². The third-order valence-electron chi connectivity index (χ3n) is 0.598. The van der Waals surface area contributed by atoms with Gasteiger partial charge in [-0.25, -0.2) is 4.79 Å². The van der Waals surface area contributed by atoms with Gasteiger partial charge in [0.15, 0.2) is 0 Å². The second-order valence-electron chi connectivity index (χ2n) is 1.43. The Kier molecular flexibility index (Phi) is 13.6. The molecule has 70 valence electrons. The van der Waals surface area contributed by atoms with E-state index in [0.717, 1.165) is 6.08 Å². The van der Waals surface area contributed by atoms with E-state index >= 15 is 0 Å². The fourth-order valence-electron chi connectivity index (χ4n) is 0.205. The Morgan fingerprint density at radius 2 is 2.17 bits per heavy atom. The summed E-state index contributed by atoms with van der Waals surface area (Å²) in [6.07, 6.45) is 1.05. The van der Waals surface area contributed by atoms with Gasteiger partial charge in [-0.15, -0.1) is 0 Å². The summed E-state index contributed by atoms with van der Waals surface area (Å²) in [4.78, 5) is 19.1. The van der Waals surface area contributed by atoms with Gasteiger partial charge in [0.2, 0.25) is 0 Å². The Balaban J connectivity index is 0. The lowest BCUT2D eigenvalue weighted by molar-refractivity contribution is -0.138. The number of carbonyl (C=O) groups is 2. The number of carbonyl (C=O) groups excluding carboxylic acids is 2. The summed E-state index contributed by atoms with van der Waals surface area (Å²) >= 11 is 0. The van der Waals surface area contributed by atoms with Gasteiger partial charge in [-0.2, -0.15) is 0 Å². The molecule has 0 spiro atoms. The maximum absolute atomic E-state index is 10.1. The molecule has 0 aliphatic heterocycles. The van der Waals surface area contributed by atoms with E-state index in [1.165, 1.54) is 7.11 Å². The number of hydrogen-bond acceptors (Lipinski definition) is 5. The highest BCUT2D eigenvalue weighted by atomic mass is 16.5. The molecule has 0 heterocycles. The predicted molar refractivity (Wildman–Crippen MR) is 41.3 cm³/mol. The van der Waals surface area contributed by atoms with Crippen molar-refractivity contribution in [2.24, 2.45) is 0 Å². The highest BCUT2D eigenvalue weighted by Gasteiger charge is 1.90. The number of esters is 1. The number of ether oxygens (including phenoxy) is 2. The fraction of sp³-hybridized carbons (Fsp3) is 0.429. The Morgan fingerprint density at radius 1 is 1.67 bits per heavy atom. The van der Waals surface area contributed by atoms with E-state index in [0.29, 0.717) is 6.47 Å². The lowest BCUT2D eigenvalue weighted by Crippen LogP contribution is -2.04. The molecule has 0 aliphatic carbocycles. The molecule has 1 N–H and O–H groups in total. The first-order valence-electron chi connectivity index (χ1n) is 3.09. The minimum Gasteiger partial charge on any atom is -0.471 e. The monoisotopic (exact) mass is 176 g/mol. The van der Waals surface area contributed by atoms with Crippen molar-refractivity contribution in [2.45, 2.75) is 0 Å². The summed E-state index contributed by atoms with van der Waals surface area (Å²) in [5.41, 5.74) is 0. The highest BCUT2D eigenvalue weighted by Crippen LogP contribution is 1.75. The van der Waals surface area contributed by atoms with Crippen molar-refractivity contribution in [1.29, 1.82) is 0 Å². The second-order valence-corrected chi connectivity index (χ2v) is 1.43. The van der Waals surface area contributed by atoms with Crippen LogP contribution < -0.4 is 0 Å². The molecule has 0 rings (SSSR count). The Bertz CT molecular complexity index is 132. The van der Waals surface area contributed by atoms with Crippen LogP contribution in [0.4, 0.5) is 0 Å². The average molecular weight is 176 g/mol. The van der Waals surface area contributed by atoms with Crippen LogP contribution in [-0.2, 0) is 19.1 Å². The van der Waals surface area contributed by atoms with Crippen molar-refractivity contribution >= 4 is 12.4 Å². The van der Waals surface area contributed by atoms with Gasteiger partial charge >= 0.3 is 5.97 Å². The van der Waals surface area contributed by atoms with Gasteiger partial charge < -0.3 is 14.6 Å². The summed E-state index contributed by atoms with van der Waals surface area (Å²) < 4.78 is 8.19. The van der Waals surface area contributed by atoms with Crippen molar-refractivity contribution in [1.82, 2.24) is 0 Å². The molecule has 0 aromatic rings. The lowest BCUT2D eigenvalue weighted by atomic mass is 10.6. The van der Waals surface area contributed by atoms with E-state index in [-0.39, 0.29) is 13.2 Å². The number of hydrogen-bond donors (Lipinski definition) is 1. The molecule has 0 bridgehead atoms. The van der Waals surface area contributed by atoms with E-state index in [4.69, 9.17) is 9.90 Å². The van der Waals surface area contributed by atoms with E-state index in [9.17, 15) is 4.79 Å². The van der Waals surface area contributed by atoms with Gasteiger partial charge in [-0.1, -0.05) is 6.58 Å². The minimum absolute atomic E-state index is 0.0465. The summed E-state index contributed by atoms with van der Waals surface area (Å²) in [6.45, 7) is 3.44. The predicted octanol–water partition coefficient (Wildman–Crippen LogP) is -0.503. The molecule has 0 unspecified atom stereocenters. The molecule has 0 amide bonds. The Morgan fingerprint density at radius 3 is 2.42 bits per heavy atom. The number of rotatable bonds is 4. The number of methoxy groups -OCH3 is 1. The van der Waals surface area contributed by atoms with Crippen LogP contribution in [0.3, 0.4) is 0 Å². The van der Waals surface area contributed by atoms with Gasteiger partial charge in [-0.3, -0.25) is 4.79 Å². The third kappa shape index (κ3) is 15.9. The van der Waals surface area contributed by atoms with Crippen LogP contribution in [0.2, 0.25) is 0 Å². The quantitative estimate of drug-likeness (QED) is 0.355. The molecule has 5 heteroatoms. The second kappa shape index (κ2) is 12.3. The van der Waals surface area contributed by atoms with Crippen molar-refractivity contribution in [3.63, 3.8) is 0 Å². The molecule has 0 fully saturated rings. The molecule has 0 saturated carbocycles. The zero-order valence-corrected chi connectivity index (χ0v) is 6.86. The molecule has 0 aromatic carbocycles. The lowest BCUT2D eigenvalue weighted by Gasteiger charge is -1.94. The van der Waals surface area contributed by atoms with Crippen molar-refractivity contribution in [3.05, 3.63) is 12.7 Å². The van der Waals surface area contributed by atoms with Crippen molar-refractivity contribution in [3.8, 4) is 0 Å². The summed E-state index contributed by atoms with van der Waals surface area (Å²) in [7, 11) is 1.31. The van der Waals surface area contributed by atoms with Crippen LogP contribution in [-0.4, -0.2) is 37.9 Å². The topological polar surface area (TPSA) is 72.8 Å². The van der Waals surface area contributed by atoms with Crippen LogP contribution in [0.1, 0.15) is 0 Å². The van der Waals surface area contributed by atoms with E-state index < -0.39 is 5.97 Å². The van der Waals surface area contributed by atoms with Gasteiger partial charge in [0.1, 0.15) is 6.61 Å². The molecule has 0 aromatic heterocycles. The maximum Gasteiger partial charge on any atom is 0.330 e. The van der Waals surface area contributed by atoms with Crippen LogP contribution in [0.25, 0.3) is 0 Å². The van der Waals surface area contributed by atoms with Gasteiger partial charge in [0.05, 0.1) is 13.7 Å². The molecule has 0 aliphatic rings. The van der Waals surface area contributed by atoms with Gasteiger partial charge in [-0.05, 0) is 0 Å². The summed E-state index contributed by atoms with van der Waals surface area (Å²) in [6, 6.07) is 0. The standard InChI is InChI=1S/C5H8O3.C2H4O2/c1-2-5(7)8-4-3-6;1-4-2-3/h2,6H,1,3-4H2;2H,1H3. The van der Waals surface area contributed by atoms with Gasteiger partial charge in [0, 0.05) is 6.08 Å². The normalized spacial score (nSPS) is 7.17. The van der Waals surface area contributed by atoms with E-state index in [1.54, 1.807) is 0 Å². The fourth-order valence-corrected chi connectivity index (χ4v) is 0.205. The molecular weight excluding hydrogens is 164 g/mol. The number of aliphatic hydroxyl groups excluding tert-OH is 1. The third-order valence-corrected chi connectivity index (χ3v) is 0.598. The molecule has 5 nitrogen and oxygen atoms in total. The Labute approximate surface area is 70.6 Å². The van der Waals surface area contributed by atoms with Gasteiger partial charge in [0.25, 0.3) is 6.47 Å². The van der Waals surface area contributed by atoms with Crippen molar-refractivity contribution < 1.29 is 24.2 Å². The van der Waals surface area contributed by atoms with Crippen LogP contribution in [0.5, 0.6) is 0 Å². The molecule has 12 heavy (non-hydrogen) atoms. The first-order valence-corrected chi connectivity index (χ1v) is 3.09. The average Bonchev–Trinajstić information content (AvgIpc) is 2.14. The molecule has 0 radical (unpaired) electrons. The smallest absolute Gasteiger partial charge is 0.330 e. The highest BCUT2D eigenvalue weighted by molar-refractivity contribution is 5.81. The number of aliphatic hydroxyl groups is 1. The van der Waals surface area contributed by atoms with E-state index in [2.05, 4.69) is 16.1 Å². The SMILES string of the molecule is C=CC(=O)OCCO.COC=O. The van der Waals surface area contributed by atoms with Crippen molar-refractivity contribution in [2.75, 3.05) is 20.3 Å². The maximum atomic E-state index is 10.1. The minimum atomic E-state index is -0.501. The van der Waals surface area contributed by atoms with Crippen LogP contribution in [0, 0.1) is 0 Å². The molecule has 0 atom stereocenters. The molecule has 0 saturated heterocycles. The largest absolute Gasteiger partial charge is 0.471 e. The first-order chi connectivity index (χ1) is 5.72. The van der Waals surface area contributed by atoms with Crippen LogP contribution in [0.15, 0.2) is 12.7 Å².